The first-order chi connectivity index (χ1) is 5.79. The number of rotatable bonds is 4. The van der Waals surface area contributed by atoms with Crippen LogP contribution in [0.4, 0.5) is 0 Å². The molecule has 0 aromatic carbocycles. The van der Waals surface area contributed by atoms with Crippen LogP contribution in [0.5, 0.6) is 0 Å². The molecule has 72 valence electrons. The van der Waals surface area contributed by atoms with Crippen LogP contribution in [0, 0.1) is 0 Å². The van der Waals surface area contributed by atoms with Crippen LogP contribution < -0.4 is 0 Å². The molecule has 1 heterocycles. The van der Waals surface area contributed by atoms with E-state index in [1.807, 2.05) is 0 Å². The molecule has 1 saturated heterocycles. The van der Waals surface area contributed by atoms with Gasteiger partial charge in [0.1, 0.15) is 0 Å². The number of hydrogen-bond acceptors (Lipinski definition) is 0. The first kappa shape index (κ1) is 10.6. The maximum atomic E-state index is 3.96. The molecule has 0 nitrogen and oxygen atoms in total. The van der Waals surface area contributed by atoms with Gasteiger partial charge in [-0.15, -0.1) is 0 Å². The summed E-state index contributed by atoms with van der Waals surface area (Å²) in [6, 6.07) is 0. The number of halogens is 1. The summed E-state index contributed by atoms with van der Waals surface area (Å²) in [6.07, 6.45) is 7.36. The van der Waals surface area contributed by atoms with Gasteiger partial charge in [-0.25, -0.2) is 0 Å². The molecule has 0 atom stereocenters. The molecule has 0 aromatic heterocycles. The Kier molecular flexibility index (Phi) is 5.28. The quantitative estimate of drug-likeness (QED) is 0.414. The molecule has 0 bridgehead atoms. The standard InChI is InChI=1S/C11H21I/c1-11(2)7-6-10-12-8-4-3-5-9-12/h1,3-10H2,2H3. The summed E-state index contributed by atoms with van der Waals surface area (Å²) in [5, 5.41) is 0. The van der Waals surface area contributed by atoms with Crippen molar-refractivity contribution in [3.8, 4) is 0 Å². The molecule has 0 unspecified atom stereocenters. The Morgan fingerprint density at radius 3 is 2.50 bits per heavy atom. The third-order valence-corrected chi connectivity index (χ3v) is 9.17. The van der Waals surface area contributed by atoms with Crippen LogP contribution in [-0.4, -0.2) is 13.3 Å². The van der Waals surface area contributed by atoms with E-state index in [1.54, 1.807) is 26.1 Å². The fourth-order valence-electron chi connectivity index (χ4n) is 1.58. The third-order valence-electron chi connectivity index (χ3n) is 2.31. The normalized spacial score (nSPS) is 20.9. The monoisotopic (exact) mass is 280 g/mol. The van der Waals surface area contributed by atoms with Gasteiger partial charge in [0.25, 0.3) is 0 Å². The number of allylic oxidation sites excluding steroid dienone is 1. The van der Waals surface area contributed by atoms with E-state index in [4.69, 9.17) is 0 Å². The topological polar surface area (TPSA) is 0 Å². The average Bonchev–Trinajstić information content (AvgIpc) is 2.05. The molecule has 0 aliphatic carbocycles. The van der Waals surface area contributed by atoms with Crippen molar-refractivity contribution in [2.24, 2.45) is 0 Å². The zero-order valence-corrected chi connectivity index (χ0v) is 10.4. The van der Waals surface area contributed by atoms with E-state index >= 15 is 0 Å². The average molecular weight is 280 g/mol. The second-order valence-corrected chi connectivity index (χ2v) is 10.2. The zero-order chi connectivity index (χ0) is 8.81. The molecule has 1 heteroatoms. The van der Waals surface area contributed by atoms with Crippen LogP contribution in [0.3, 0.4) is 0 Å². The summed E-state index contributed by atoms with van der Waals surface area (Å²) < 4.78 is 4.91. The van der Waals surface area contributed by atoms with E-state index < -0.39 is 0 Å². The van der Waals surface area contributed by atoms with Crippen molar-refractivity contribution in [1.29, 1.82) is 0 Å². The van der Waals surface area contributed by atoms with Gasteiger partial charge in [0, 0.05) is 0 Å². The van der Waals surface area contributed by atoms with Gasteiger partial charge < -0.3 is 0 Å². The third kappa shape index (κ3) is 4.48. The molecule has 0 N–H and O–H groups in total. The van der Waals surface area contributed by atoms with Crippen molar-refractivity contribution in [2.75, 3.05) is 13.3 Å². The molecule has 0 spiro atoms. The SMILES string of the molecule is C=C(C)CCCI1CCCCC1. The van der Waals surface area contributed by atoms with Crippen molar-refractivity contribution in [1.82, 2.24) is 0 Å². The summed E-state index contributed by atoms with van der Waals surface area (Å²) in [6.45, 7) is 6.11. The fourth-order valence-corrected chi connectivity index (χ4v) is 7.90. The Morgan fingerprint density at radius 1 is 1.25 bits per heavy atom. The predicted molar refractivity (Wildman–Crippen MR) is 66.5 cm³/mol. The Bertz CT molecular complexity index is 134. The second kappa shape index (κ2) is 6.01. The zero-order valence-electron chi connectivity index (χ0n) is 8.24. The number of alkyl halides is 3. The van der Waals surface area contributed by atoms with Gasteiger partial charge in [-0.05, 0) is 0 Å². The van der Waals surface area contributed by atoms with Crippen LogP contribution in [0.15, 0.2) is 12.2 Å². The molecule has 0 radical (unpaired) electrons. The van der Waals surface area contributed by atoms with E-state index in [-0.39, 0.29) is 19.8 Å². The minimum atomic E-state index is -0.390. The number of hydrogen-bond donors (Lipinski definition) is 0. The molecule has 0 saturated carbocycles. The first-order valence-corrected chi connectivity index (χ1v) is 9.59. The molecule has 0 amide bonds. The molecule has 1 rings (SSSR count). The van der Waals surface area contributed by atoms with Gasteiger partial charge in [0.15, 0.2) is 0 Å². The van der Waals surface area contributed by atoms with Gasteiger partial charge in [-0.1, -0.05) is 0 Å². The van der Waals surface area contributed by atoms with E-state index in [1.165, 1.54) is 24.8 Å². The second-order valence-electron chi connectivity index (χ2n) is 3.76. The molecule has 12 heavy (non-hydrogen) atoms. The predicted octanol–water partition coefficient (Wildman–Crippen LogP) is 4.03. The van der Waals surface area contributed by atoms with Crippen LogP contribution in [0.25, 0.3) is 0 Å². The molecule has 1 fully saturated rings. The molecular weight excluding hydrogens is 259 g/mol. The summed E-state index contributed by atoms with van der Waals surface area (Å²) in [4.78, 5) is 0. The van der Waals surface area contributed by atoms with Gasteiger partial charge in [-0.3, -0.25) is 0 Å². The Balaban J connectivity index is 2.01. The van der Waals surface area contributed by atoms with Gasteiger partial charge >= 0.3 is 84.3 Å². The summed E-state index contributed by atoms with van der Waals surface area (Å²) >= 11 is -0.390. The van der Waals surface area contributed by atoms with Crippen molar-refractivity contribution in [2.45, 2.75) is 39.0 Å². The van der Waals surface area contributed by atoms with Crippen molar-refractivity contribution < 1.29 is 0 Å². The molecular formula is C11H21I. The van der Waals surface area contributed by atoms with Crippen LogP contribution in [0.2, 0.25) is 0 Å². The summed E-state index contributed by atoms with van der Waals surface area (Å²) in [7, 11) is 0. The Hall–Kier alpha value is 0.470. The Morgan fingerprint density at radius 2 is 1.92 bits per heavy atom. The fraction of sp³-hybridized carbons (Fsp3) is 0.818. The van der Waals surface area contributed by atoms with E-state index in [0.29, 0.717) is 0 Å². The molecule has 0 aromatic rings. The van der Waals surface area contributed by atoms with Gasteiger partial charge in [-0.2, -0.15) is 0 Å². The molecule has 1 aliphatic heterocycles. The molecule has 1 aliphatic rings. The van der Waals surface area contributed by atoms with Crippen LogP contribution >= 0.6 is 19.8 Å². The van der Waals surface area contributed by atoms with E-state index in [2.05, 4.69) is 13.5 Å². The van der Waals surface area contributed by atoms with Crippen molar-refractivity contribution in [3.05, 3.63) is 12.2 Å². The Labute approximate surface area is 84.2 Å². The van der Waals surface area contributed by atoms with Crippen LogP contribution in [-0.2, 0) is 0 Å². The van der Waals surface area contributed by atoms with Gasteiger partial charge in [0.05, 0.1) is 0 Å². The minimum absolute atomic E-state index is 0.390. The van der Waals surface area contributed by atoms with Gasteiger partial charge in [0.2, 0.25) is 0 Å². The first-order valence-electron chi connectivity index (χ1n) is 5.01. The van der Waals surface area contributed by atoms with Crippen molar-refractivity contribution >= 4 is 19.8 Å². The van der Waals surface area contributed by atoms with E-state index in [9.17, 15) is 0 Å². The van der Waals surface area contributed by atoms with E-state index in [0.717, 1.165) is 0 Å². The van der Waals surface area contributed by atoms with Crippen molar-refractivity contribution in [3.63, 3.8) is 0 Å². The maximum absolute atomic E-state index is 3.96. The summed E-state index contributed by atoms with van der Waals surface area (Å²) in [5.41, 5.74) is 1.38. The van der Waals surface area contributed by atoms with Crippen LogP contribution in [0.1, 0.15) is 39.0 Å². The summed E-state index contributed by atoms with van der Waals surface area (Å²) in [5.74, 6) is 0.